The summed E-state index contributed by atoms with van der Waals surface area (Å²) >= 11 is 1.65. The van der Waals surface area contributed by atoms with Crippen LogP contribution in [0.5, 0.6) is 0 Å². The van der Waals surface area contributed by atoms with Crippen LogP contribution in [-0.4, -0.2) is 39.8 Å². The van der Waals surface area contributed by atoms with Crippen molar-refractivity contribution in [2.45, 2.75) is 39.4 Å². The molecule has 1 atom stereocenters. The molecule has 3 rings (SSSR count). The number of rotatable bonds is 5. The number of halogens is 1. The lowest BCUT2D eigenvalue weighted by molar-refractivity contribution is -0.134. The molecule has 1 unspecified atom stereocenters. The summed E-state index contributed by atoms with van der Waals surface area (Å²) in [5.74, 6) is 0.270. The number of benzene rings is 1. The maximum absolute atomic E-state index is 13.2. The van der Waals surface area contributed by atoms with Gasteiger partial charge in [0.15, 0.2) is 0 Å². The Morgan fingerprint density at radius 3 is 2.68 bits per heavy atom. The van der Waals surface area contributed by atoms with Crippen molar-refractivity contribution < 1.29 is 9.18 Å². The van der Waals surface area contributed by atoms with E-state index in [4.69, 9.17) is 0 Å². The second kappa shape index (κ2) is 8.06. The third kappa shape index (κ3) is 4.64. The van der Waals surface area contributed by atoms with Crippen molar-refractivity contribution in [2.24, 2.45) is 5.92 Å². The first-order chi connectivity index (χ1) is 12.0. The standard InChI is InChI=1S/C19H24FN3OS/c1-14(2)17-12-22(13-18-21-8-10-25-18)9-7-19(24)23(17)11-15-3-5-16(20)6-4-15/h3-6,8,10,14,17H,7,9,11-13H2,1-2H3. The second-order valence-electron chi connectivity index (χ2n) is 6.87. The normalized spacial score (nSPS) is 19.4. The molecular weight excluding hydrogens is 337 g/mol. The summed E-state index contributed by atoms with van der Waals surface area (Å²) in [6.45, 7) is 7.22. The maximum Gasteiger partial charge on any atom is 0.224 e. The van der Waals surface area contributed by atoms with Gasteiger partial charge in [-0.2, -0.15) is 0 Å². The van der Waals surface area contributed by atoms with Crippen molar-refractivity contribution in [3.05, 3.63) is 52.2 Å². The van der Waals surface area contributed by atoms with E-state index in [0.29, 0.717) is 18.9 Å². The minimum atomic E-state index is -0.249. The molecule has 1 aromatic carbocycles. The minimum absolute atomic E-state index is 0.139. The van der Waals surface area contributed by atoms with Crippen LogP contribution >= 0.6 is 11.3 Å². The van der Waals surface area contributed by atoms with E-state index in [-0.39, 0.29) is 17.8 Å². The zero-order chi connectivity index (χ0) is 17.8. The fraction of sp³-hybridized carbons (Fsp3) is 0.474. The highest BCUT2D eigenvalue weighted by atomic mass is 32.1. The van der Waals surface area contributed by atoms with E-state index in [2.05, 4.69) is 23.7 Å². The molecule has 2 aromatic rings. The van der Waals surface area contributed by atoms with Gasteiger partial charge in [0, 0.05) is 43.7 Å². The highest BCUT2D eigenvalue weighted by Crippen LogP contribution is 2.22. The summed E-state index contributed by atoms with van der Waals surface area (Å²) in [6, 6.07) is 6.57. The van der Waals surface area contributed by atoms with Gasteiger partial charge in [-0.25, -0.2) is 9.37 Å². The Morgan fingerprint density at radius 1 is 1.28 bits per heavy atom. The summed E-state index contributed by atoms with van der Waals surface area (Å²) in [5.41, 5.74) is 0.966. The Hall–Kier alpha value is -1.79. The Bertz CT molecular complexity index is 687. The first-order valence-electron chi connectivity index (χ1n) is 8.67. The van der Waals surface area contributed by atoms with Crippen LogP contribution in [0, 0.1) is 11.7 Å². The predicted molar refractivity (Wildman–Crippen MR) is 97.6 cm³/mol. The fourth-order valence-corrected chi connectivity index (χ4v) is 3.92. The number of aromatic nitrogens is 1. The monoisotopic (exact) mass is 361 g/mol. The molecule has 134 valence electrons. The number of hydrogen-bond donors (Lipinski definition) is 0. The molecule has 0 aliphatic carbocycles. The summed E-state index contributed by atoms with van der Waals surface area (Å²) in [6.07, 6.45) is 2.33. The highest BCUT2D eigenvalue weighted by molar-refractivity contribution is 7.09. The molecule has 2 heterocycles. The third-order valence-corrected chi connectivity index (χ3v) is 5.45. The molecule has 0 saturated carbocycles. The smallest absolute Gasteiger partial charge is 0.224 e. The Kier molecular flexibility index (Phi) is 5.81. The molecule has 0 N–H and O–H groups in total. The number of hydrogen-bond acceptors (Lipinski definition) is 4. The average Bonchev–Trinajstić information content (AvgIpc) is 3.04. The van der Waals surface area contributed by atoms with E-state index in [1.54, 1.807) is 23.5 Å². The van der Waals surface area contributed by atoms with Crippen LogP contribution in [0.1, 0.15) is 30.8 Å². The van der Waals surface area contributed by atoms with E-state index in [1.807, 2.05) is 16.5 Å². The summed E-state index contributed by atoms with van der Waals surface area (Å²) in [7, 11) is 0. The van der Waals surface area contributed by atoms with Gasteiger partial charge in [-0.05, 0) is 23.6 Å². The molecule has 1 aliphatic heterocycles. The molecule has 1 saturated heterocycles. The SMILES string of the molecule is CC(C)C1CN(Cc2nccs2)CCC(=O)N1Cc1ccc(F)cc1. The number of thiazole rings is 1. The van der Waals surface area contributed by atoms with Gasteiger partial charge in [0.25, 0.3) is 0 Å². The van der Waals surface area contributed by atoms with Gasteiger partial charge >= 0.3 is 0 Å². The zero-order valence-electron chi connectivity index (χ0n) is 14.7. The zero-order valence-corrected chi connectivity index (χ0v) is 15.5. The van der Waals surface area contributed by atoms with Crippen LogP contribution in [0.2, 0.25) is 0 Å². The van der Waals surface area contributed by atoms with Crippen LogP contribution in [0.4, 0.5) is 4.39 Å². The molecule has 6 heteroatoms. The first kappa shape index (κ1) is 18.0. The van der Waals surface area contributed by atoms with Crippen LogP contribution in [-0.2, 0) is 17.9 Å². The van der Waals surface area contributed by atoms with Gasteiger partial charge < -0.3 is 4.90 Å². The molecule has 1 aromatic heterocycles. The highest BCUT2D eigenvalue weighted by Gasteiger charge is 2.31. The lowest BCUT2D eigenvalue weighted by atomic mass is 10.0. The van der Waals surface area contributed by atoms with Crippen LogP contribution < -0.4 is 0 Å². The summed E-state index contributed by atoms with van der Waals surface area (Å²) in [4.78, 5) is 21.4. The number of nitrogens with zero attached hydrogens (tertiary/aromatic N) is 3. The lowest BCUT2D eigenvalue weighted by Crippen LogP contribution is -2.45. The van der Waals surface area contributed by atoms with Gasteiger partial charge in [0.2, 0.25) is 5.91 Å². The quantitative estimate of drug-likeness (QED) is 0.817. The Labute approximate surface area is 152 Å². The van der Waals surface area contributed by atoms with Crippen molar-refractivity contribution in [1.29, 1.82) is 0 Å². The van der Waals surface area contributed by atoms with Crippen molar-refractivity contribution >= 4 is 17.2 Å². The van der Waals surface area contributed by atoms with E-state index in [0.717, 1.165) is 30.2 Å². The van der Waals surface area contributed by atoms with Gasteiger partial charge in [-0.15, -0.1) is 11.3 Å². The lowest BCUT2D eigenvalue weighted by Gasteiger charge is -2.34. The second-order valence-corrected chi connectivity index (χ2v) is 7.85. The Balaban J connectivity index is 1.76. The van der Waals surface area contributed by atoms with E-state index < -0.39 is 0 Å². The molecule has 1 fully saturated rings. The summed E-state index contributed by atoms with van der Waals surface area (Å²) in [5, 5.41) is 3.07. The molecule has 0 radical (unpaired) electrons. The molecule has 1 amide bonds. The minimum Gasteiger partial charge on any atom is -0.334 e. The summed E-state index contributed by atoms with van der Waals surface area (Å²) < 4.78 is 13.2. The molecule has 4 nitrogen and oxygen atoms in total. The first-order valence-corrected chi connectivity index (χ1v) is 9.55. The predicted octanol–water partition coefficient (Wildman–Crippen LogP) is 3.54. The van der Waals surface area contributed by atoms with Gasteiger partial charge in [0.1, 0.15) is 10.8 Å². The topological polar surface area (TPSA) is 36.4 Å². The molecule has 1 aliphatic rings. The number of carbonyl (C=O) groups excluding carboxylic acids is 1. The number of carbonyl (C=O) groups is 1. The van der Waals surface area contributed by atoms with Gasteiger partial charge in [-0.1, -0.05) is 26.0 Å². The van der Waals surface area contributed by atoms with Crippen molar-refractivity contribution in [2.75, 3.05) is 13.1 Å². The van der Waals surface area contributed by atoms with Crippen molar-refractivity contribution in [1.82, 2.24) is 14.8 Å². The largest absolute Gasteiger partial charge is 0.334 e. The Morgan fingerprint density at radius 2 is 2.04 bits per heavy atom. The average molecular weight is 361 g/mol. The fourth-order valence-electron chi connectivity index (χ4n) is 3.27. The van der Waals surface area contributed by atoms with Crippen molar-refractivity contribution in [3.63, 3.8) is 0 Å². The molecular formula is C19H24FN3OS. The van der Waals surface area contributed by atoms with E-state index >= 15 is 0 Å². The van der Waals surface area contributed by atoms with Gasteiger partial charge in [-0.3, -0.25) is 9.69 Å². The molecule has 0 spiro atoms. The molecule has 0 bridgehead atoms. The van der Waals surface area contributed by atoms with E-state index in [1.165, 1.54) is 12.1 Å². The van der Waals surface area contributed by atoms with E-state index in [9.17, 15) is 9.18 Å². The molecule has 25 heavy (non-hydrogen) atoms. The van der Waals surface area contributed by atoms with Crippen LogP contribution in [0.25, 0.3) is 0 Å². The van der Waals surface area contributed by atoms with Crippen LogP contribution in [0.15, 0.2) is 35.8 Å². The van der Waals surface area contributed by atoms with Gasteiger partial charge in [0.05, 0.1) is 6.54 Å². The van der Waals surface area contributed by atoms with Crippen LogP contribution in [0.3, 0.4) is 0 Å². The number of amides is 1. The maximum atomic E-state index is 13.2. The third-order valence-electron chi connectivity index (χ3n) is 4.69. The van der Waals surface area contributed by atoms with Crippen molar-refractivity contribution in [3.8, 4) is 0 Å².